The van der Waals surface area contributed by atoms with E-state index in [0.717, 1.165) is 17.0 Å². The second-order valence-corrected chi connectivity index (χ2v) is 6.89. The highest BCUT2D eigenvalue weighted by Gasteiger charge is 2.39. The molecule has 2 aromatic rings. The molecule has 1 heterocycles. The number of nitrogens with one attached hydrogen (secondary N) is 1. The summed E-state index contributed by atoms with van der Waals surface area (Å²) in [6, 6.07) is 7.97. The molecule has 32 heavy (non-hydrogen) atoms. The van der Waals surface area contributed by atoms with Crippen LogP contribution in [0.5, 0.6) is 11.5 Å². The van der Waals surface area contributed by atoms with Crippen LogP contribution in [-0.2, 0) is 14.3 Å². The summed E-state index contributed by atoms with van der Waals surface area (Å²) in [5.41, 5.74) is 0.606. The number of imide groups is 1. The van der Waals surface area contributed by atoms with E-state index in [-0.39, 0.29) is 23.5 Å². The summed E-state index contributed by atoms with van der Waals surface area (Å²) in [7, 11) is 2.94. The Labute approximate surface area is 184 Å². The van der Waals surface area contributed by atoms with Crippen molar-refractivity contribution in [2.45, 2.75) is 13.3 Å². The molecular formula is C23H24F2N2O5. The molecular weight excluding hydrogens is 422 g/mol. The third-order valence-corrected chi connectivity index (χ3v) is 4.90. The molecule has 1 N–H and O–H groups in total. The van der Waals surface area contributed by atoms with Crippen LogP contribution in [-0.4, -0.2) is 50.7 Å². The predicted octanol–water partition coefficient (Wildman–Crippen LogP) is 3.60. The third-order valence-electron chi connectivity index (χ3n) is 4.90. The van der Waals surface area contributed by atoms with Gasteiger partial charge in [0.05, 0.1) is 19.8 Å². The van der Waals surface area contributed by atoms with Gasteiger partial charge in [0.15, 0.2) is 23.1 Å². The zero-order valence-electron chi connectivity index (χ0n) is 18.0. The lowest BCUT2D eigenvalue weighted by Crippen LogP contribution is -2.34. The number of rotatable bonds is 10. The van der Waals surface area contributed by atoms with Gasteiger partial charge in [0.2, 0.25) is 0 Å². The van der Waals surface area contributed by atoms with Crippen molar-refractivity contribution in [3.8, 4) is 11.5 Å². The van der Waals surface area contributed by atoms with E-state index < -0.39 is 23.4 Å². The van der Waals surface area contributed by atoms with Crippen molar-refractivity contribution in [2.24, 2.45) is 0 Å². The van der Waals surface area contributed by atoms with Gasteiger partial charge < -0.3 is 19.5 Å². The van der Waals surface area contributed by atoms with Gasteiger partial charge in [-0.05, 0) is 43.2 Å². The number of amides is 2. The van der Waals surface area contributed by atoms with Crippen molar-refractivity contribution in [3.63, 3.8) is 0 Å². The fourth-order valence-corrected chi connectivity index (χ4v) is 3.34. The molecule has 2 amide bonds. The lowest BCUT2D eigenvalue weighted by molar-refractivity contribution is -0.137. The Bertz CT molecular complexity index is 1050. The Morgan fingerprint density at radius 2 is 1.69 bits per heavy atom. The maximum absolute atomic E-state index is 13.7. The molecule has 2 aromatic carbocycles. The molecule has 9 heteroatoms. The van der Waals surface area contributed by atoms with Crippen LogP contribution in [0.25, 0.3) is 5.57 Å². The first-order valence-electron chi connectivity index (χ1n) is 10.0. The Morgan fingerprint density at radius 3 is 2.34 bits per heavy atom. The van der Waals surface area contributed by atoms with Crippen LogP contribution >= 0.6 is 0 Å². The van der Waals surface area contributed by atoms with Crippen molar-refractivity contribution >= 4 is 23.1 Å². The van der Waals surface area contributed by atoms with Gasteiger partial charge in [-0.1, -0.05) is 6.07 Å². The standard InChI is InChI=1S/C23H24F2N2O5/c1-4-32-11-5-10-27-22(28)20(14-6-9-18(30-2)19(12-14)31-3)21(23(27)29)26-15-7-8-16(24)17(25)13-15/h6-9,12-13,26H,4-5,10-11H2,1-3H3. The van der Waals surface area contributed by atoms with Crippen LogP contribution in [0.2, 0.25) is 0 Å². The Kier molecular flexibility index (Phi) is 7.42. The van der Waals surface area contributed by atoms with Crippen LogP contribution in [0.15, 0.2) is 42.1 Å². The van der Waals surface area contributed by atoms with E-state index in [1.54, 1.807) is 18.2 Å². The highest BCUT2D eigenvalue weighted by molar-refractivity contribution is 6.36. The van der Waals surface area contributed by atoms with Gasteiger partial charge in [0.1, 0.15) is 5.70 Å². The van der Waals surface area contributed by atoms with Gasteiger partial charge in [-0.2, -0.15) is 0 Å². The Morgan fingerprint density at radius 1 is 0.938 bits per heavy atom. The molecule has 0 saturated heterocycles. The van der Waals surface area contributed by atoms with Crippen molar-refractivity contribution in [2.75, 3.05) is 39.3 Å². The van der Waals surface area contributed by atoms with Crippen molar-refractivity contribution < 1.29 is 32.6 Å². The number of carbonyl (C=O) groups is 2. The maximum atomic E-state index is 13.7. The van der Waals surface area contributed by atoms with Crippen LogP contribution in [0, 0.1) is 11.6 Å². The van der Waals surface area contributed by atoms with E-state index in [9.17, 15) is 18.4 Å². The number of benzene rings is 2. The SMILES string of the molecule is CCOCCCN1C(=O)C(Nc2ccc(F)c(F)c2)=C(c2ccc(OC)c(OC)c2)C1=O. The number of hydrogen-bond donors (Lipinski definition) is 1. The van der Waals surface area contributed by atoms with Crippen LogP contribution in [0.4, 0.5) is 14.5 Å². The van der Waals surface area contributed by atoms with E-state index in [4.69, 9.17) is 14.2 Å². The number of anilines is 1. The fraction of sp³-hybridized carbons (Fsp3) is 0.304. The van der Waals surface area contributed by atoms with E-state index in [1.807, 2.05) is 6.92 Å². The van der Waals surface area contributed by atoms with Gasteiger partial charge >= 0.3 is 0 Å². The molecule has 3 rings (SSSR count). The second kappa shape index (κ2) is 10.2. The topological polar surface area (TPSA) is 77.1 Å². The average molecular weight is 446 g/mol. The van der Waals surface area contributed by atoms with E-state index >= 15 is 0 Å². The molecule has 0 radical (unpaired) electrons. The van der Waals surface area contributed by atoms with Crippen molar-refractivity contribution in [1.82, 2.24) is 4.90 Å². The predicted molar refractivity (Wildman–Crippen MR) is 114 cm³/mol. The van der Waals surface area contributed by atoms with Gasteiger partial charge in [-0.25, -0.2) is 8.78 Å². The van der Waals surface area contributed by atoms with Crippen LogP contribution < -0.4 is 14.8 Å². The quantitative estimate of drug-likeness (QED) is 0.444. The normalized spacial score (nSPS) is 13.7. The van der Waals surface area contributed by atoms with Gasteiger partial charge in [0, 0.05) is 31.5 Å². The highest BCUT2D eigenvalue weighted by atomic mass is 19.2. The molecule has 0 bridgehead atoms. The molecule has 0 saturated carbocycles. The zero-order valence-corrected chi connectivity index (χ0v) is 18.0. The minimum absolute atomic E-state index is 0.0374. The lowest BCUT2D eigenvalue weighted by Gasteiger charge is -2.15. The first kappa shape index (κ1) is 23.2. The number of carbonyl (C=O) groups excluding carboxylic acids is 2. The first-order valence-corrected chi connectivity index (χ1v) is 10.0. The van der Waals surface area contributed by atoms with Crippen molar-refractivity contribution in [1.29, 1.82) is 0 Å². The minimum Gasteiger partial charge on any atom is -0.493 e. The van der Waals surface area contributed by atoms with Gasteiger partial charge in [0.25, 0.3) is 11.8 Å². The monoisotopic (exact) mass is 446 g/mol. The summed E-state index contributed by atoms with van der Waals surface area (Å²) in [5.74, 6) is -2.34. The number of hydrogen-bond acceptors (Lipinski definition) is 6. The zero-order chi connectivity index (χ0) is 23.3. The first-order chi connectivity index (χ1) is 15.4. The minimum atomic E-state index is -1.08. The molecule has 1 aliphatic rings. The van der Waals surface area contributed by atoms with Crippen LogP contribution in [0.1, 0.15) is 18.9 Å². The molecule has 0 fully saturated rings. The van der Waals surface area contributed by atoms with E-state index in [0.29, 0.717) is 36.7 Å². The molecule has 0 aromatic heterocycles. The fourth-order valence-electron chi connectivity index (χ4n) is 3.34. The third kappa shape index (κ3) is 4.72. The summed E-state index contributed by atoms with van der Waals surface area (Å²) >= 11 is 0. The molecule has 1 aliphatic heterocycles. The largest absolute Gasteiger partial charge is 0.493 e. The highest BCUT2D eigenvalue weighted by Crippen LogP contribution is 2.35. The number of methoxy groups -OCH3 is 2. The van der Waals surface area contributed by atoms with Gasteiger partial charge in [-0.3, -0.25) is 14.5 Å². The number of nitrogens with zero attached hydrogens (tertiary/aromatic N) is 1. The molecule has 170 valence electrons. The average Bonchev–Trinajstić information content (AvgIpc) is 3.02. The molecule has 0 atom stereocenters. The smallest absolute Gasteiger partial charge is 0.278 e. The van der Waals surface area contributed by atoms with Gasteiger partial charge in [-0.15, -0.1) is 0 Å². The van der Waals surface area contributed by atoms with Crippen molar-refractivity contribution in [3.05, 3.63) is 59.3 Å². The molecule has 7 nitrogen and oxygen atoms in total. The Hall–Kier alpha value is -3.46. The number of ether oxygens (including phenoxy) is 3. The van der Waals surface area contributed by atoms with Crippen LogP contribution in [0.3, 0.4) is 0 Å². The summed E-state index contributed by atoms with van der Waals surface area (Å²) < 4.78 is 42.9. The second-order valence-electron chi connectivity index (χ2n) is 6.89. The molecule has 0 aliphatic carbocycles. The molecule has 0 unspecified atom stereocenters. The summed E-state index contributed by atoms with van der Waals surface area (Å²) in [6.45, 7) is 2.93. The molecule has 0 spiro atoms. The Balaban J connectivity index is 2.02. The van der Waals surface area contributed by atoms with E-state index in [2.05, 4.69) is 5.32 Å². The lowest BCUT2D eigenvalue weighted by atomic mass is 10.0. The maximum Gasteiger partial charge on any atom is 0.278 e. The summed E-state index contributed by atoms with van der Waals surface area (Å²) in [6.07, 6.45) is 0.461. The number of halogens is 2. The summed E-state index contributed by atoms with van der Waals surface area (Å²) in [5, 5.41) is 2.79. The summed E-state index contributed by atoms with van der Waals surface area (Å²) in [4.78, 5) is 27.4. The van der Waals surface area contributed by atoms with E-state index in [1.165, 1.54) is 20.3 Å².